The van der Waals surface area contributed by atoms with Gasteiger partial charge in [-0.1, -0.05) is 18.2 Å². The van der Waals surface area contributed by atoms with Crippen molar-refractivity contribution in [2.45, 2.75) is 38.3 Å². The Morgan fingerprint density at radius 1 is 1.29 bits per heavy atom. The van der Waals surface area contributed by atoms with E-state index in [-0.39, 0.29) is 23.7 Å². The Morgan fingerprint density at radius 3 is 2.79 bits per heavy atom. The van der Waals surface area contributed by atoms with Crippen LogP contribution in [-0.4, -0.2) is 55.1 Å². The van der Waals surface area contributed by atoms with Crippen LogP contribution >= 0.6 is 0 Å². The normalized spacial score (nSPS) is 23.2. The largest absolute Gasteiger partial charge is 0.381 e. The zero-order valence-corrected chi connectivity index (χ0v) is 14.4. The molecule has 4 nitrogen and oxygen atoms in total. The summed E-state index contributed by atoms with van der Waals surface area (Å²) >= 11 is 0. The van der Waals surface area contributed by atoms with E-state index in [1.165, 1.54) is 6.07 Å². The molecule has 0 radical (unpaired) electrons. The summed E-state index contributed by atoms with van der Waals surface area (Å²) in [6.45, 7) is 3.77. The molecule has 5 heteroatoms. The number of likely N-dealkylation sites (tertiary alicyclic amines) is 1. The number of likely N-dealkylation sites (N-methyl/N-ethyl adjacent to an activating group) is 1. The Morgan fingerprint density at radius 2 is 2.04 bits per heavy atom. The van der Waals surface area contributed by atoms with E-state index >= 15 is 0 Å². The van der Waals surface area contributed by atoms with Gasteiger partial charge in [-0.05, 0) is 38.3 Å². The first kappa shape index (κ1) is 17.4. The van der Waals surface area contributed by atoms with Gasteiger partial charge in [0.05, 0.1) is 0 Å². The van der Waals surface area contributed by atoms with E-state index in [2.05, 4.69) is 4.90 Å². The number of carbonyl (C=O) groups excluding carboxylic acids is 1. The minimum Gasteiger partial charge on any atom is -0.381 e. The van der Waals surface area contributed by atoms with Crippen molar-refractivity contribution in [2.75, 3.05) is 33.4 Å². The SMILES string of the molecule is CN(C(=O)C1CCOCC1)[C@@H]1CCCN(Cc2ccccc2F)C1. The molecule has 0 aromatic heterocycles. The quantitative estimate of drug-likeness (QED) is 0.849. The Bertz CT molecular complexity index is 560. The van der Waals surface area contributed by atoms with Crippen molar-refractivity contribution in [3.05, 3.63) is 35.6 Å². The van der Waals surface area contributed by atoms with Crippen LogP contribution in [0.4, 0.5) is 4.39 Å². The van der Waals surface area contributed by atoms with Crippen LogP contribution in [0.15, 0.2) is 24.3 Å². The molecule has 2 heterocycles. The van der Waals surface area contributed by atoms with Gasteiger partial charge in [0.15, 0.2) is 0 Å². The molecular formula is C19H27FN2O2. The zero-order valence-electron chi connectivity index (χ0n) is 14.4. The first-order valence-electron chi connectivity index (χ1n) is 8.95. The number of hydrogen-bond donors (Lipinski definition) is 0. The molecule has 0 aliphatic carbocycles. The number of amides is 1. The number of benzene rings is 1. The lowest BCUT2D eigenvalue weighted by molar-refractivity contribution is -0.140. The van der Waals surface area contributed by atoms with E-state index < -0.39 is 0 Å². The summed E-state index contributed by atoms with van der Waals surface area (Å²) in [7, 11) is 1.93. The van der Waals surface area contributed by atoms with Crippen LogP contribution in [0.3, 0.4) is 0 Å². The van der Waals surface area contributed by atoms with Crippen molar-refractivity contribution >= 4 is 5.91 Å². The number of hydrogen-bond acceptors (Lipinski definition) is 3. The molecule has 0 unspecified atom stereocenters. The van der Waals surface area contributed by atoms with Gasteiger partial charge in [0.25, 0.3) is 0 Å². The zero-order chi connectivity index (χ0) is 16.9. The average molecular weight is 334 g/mol. The van der Waals surface area contributed by atoms with Crippen LogP contribution in [0.1, 0.15) is 31.2 Å². The highest BCUT2D eigenvalue weighted by molar-refractivity contribution is 5.79. The Hall–Kier alpha value is -1.46. The molecule has 1 atom stereocenters. The van der Waals surface area contributed by atoms with Gasteiger partial charge < -0.3 is 9.64 Å². The van der Waals surface area contributed by atoms with Crippen molar-refractivity contribution in [3.63, 3.8) is 0 Å². The van der Waals surface area contributed by atoms with E-state index in [9.17, 15) is 9.18 Å². The average Bonchev–Trinajstić information content (AvgIpc) is 2.63. The van der Waals surface area contributed by atoms with Crippen LogP contribution in [0.25, 0.3) is 0 Å². The minimum absolute atomic E-state index is 0.102. The van der Waals surface area contributed by atoms with Crippen molar-refractivity contribution in [3.8, 4) is 0 Å². The van der Waals surface area contributed by atoms with E-state index in [0.29, 0.717) is 19.8 Å². The van der Waals surface area contributed by atoms with E-state index in [0.717, 1.165) is 44.3 Å². The molecule has 0 N–H and O–H groups in total. The van der Waals surface area contributed by atoms with Crippen molar-refractivity contribution in [2.24, 2.45) is 5.92 Å². The predicted octanol–water partition coefficient (Wildman–Crippen LogP) is 2.68. The lowest BCUT2D eigenvalue weighted by atomic mass is 9.96. The Labute approximate surface area is 143 Å². The fourth-order valence-electron chi connectivity index (χ4n) is 3.77. The molecule has 0 bridgehead atoms. The second-order valence-electron chi connectivity index (χ2n) is 6.96. The monoisotopic (exact) mass is 334 g/mol. The van der Waals surface area contributed by atoms with Gasteiger partial charge in [-0.25, -0.2) is 4.39 Å². The number of ether oxygens (including phenoxy) is 1. The second kappa shape index (κ2) is 8.08. The molecule has 0 spiro atoms. The molecule has 24 heavy (non-hydrogen) atoms. The van der Waals surface area contributed by atoms with Crippen LogP contribution in [0.2, 0.25) is 0 Å². The summed E-state index contributed by atoms with van der Waals surface area (Å²) in [6.07, 6.45) is 3.73. The van der Waals surface area contributed by atoms with Crippen molar-refractivity contribution in [1.82, 2.24) is 9.80 Å². The number of halogens is 1. The molecule has 1 aromatic rings. The van der Waals surface area contributed by atoms with Crippen LogP contribution in [0.5, 0.6) is 0 Å². The molecular weight excluding hydrogens is 307 g/mol. The van der Waals surface area contributed by atoms with Crippen molar-refractivity contribution < 1.29 is 13.9 Å². The van der Waals surface area contributed by atoms with Gasteiger partial charge in [-0.2, -0.15) is 0 Å². The summed E-state index contributed by atoms with van der Waals surface area (Å²) in [5.74, 6) is 0.202. The van der Waals surface area contributed by atoms with Gasteiger partial charge in [0.2, 0.25) is 5.91 Å². The fraction of sp³-hybridized carbons (Fsp3) is 0.632. The molecule has 3 rings (SSSR count). The summed E-state index contributed by atoms with van der Waals surface area (Å²) in [5.41, 5.74) is 0.733. The van der Waals surface area contributed by atoms with Gasteiger partial charge in [0, 0.05) is 50.9 Å². The fourth-order valence-corrected chi connectivity index (χ4v) is 3.77. The third-order valence-corrected chi connectivity index (χ3v) is 5.30. The standard InChI is InChI=1S/C19H27FN2O2/c1-21(19(23)15-8-11-24-12-9-15)17-6-4-10-22(14-17)13-16-5-2-3-7-18(16)20/h2-3,5,7,15,17H,4,6,8-14H2,1H3/t17-/m1/s1. The Balaban J connectivity index is 1.58. The molecule has 2 aliphatic rings. The number of nitrogens with zero attached hydrogens (tertiary/aromatic N) is 2. The minimum atomic E-state index is -0.147. The number of piperidine rings is 1. The Kier molecular flexibility index (Phi) is 5.85. The van der Waals surface area contributed by atoms with Gasteiger partial charge in [0.1, 0.15) is 5.82 Å². The highest BCUT2D eigenvalue weighted by Gasteiger charge is 2.31. The molecule has 132 valence electrons. The molecule has 1 aromatic carbocycles. The van der Waals surface area contributed by atoms with Crippen LogP contribution in [-0.2, 0) is 16.1 Å². The summed E-state index contributed by atoms with van der Waals surface area (Å²) in [6, 6.07) is 7.17. The maximum absolute atomic E-state index is 13.9. The lowest BCUT2D eigenvalue weighted by Crippen LogP contribution is -2.50. The highest BCUT2D eigenvalue weighted by atomic mass is 19.1. The van der Waals surface area contributed by atoms with Gasteiger partial charge in [-0.15, -0.1) is 0 Å². The van der Waals surface area contributed by atoms with Crippen molar-refractivity contribution in [1.29, 1.82) is 0 Å². The molecule has 0 saturated carbocycles. The maximum atomic E-state index is 13.9. The van der Waals surface area contributed by atoms with Crippen LogP contribution in [0, 0.1) is 11.7 Å². The summed E-state index contributed by atoms with van der Waals surface area (Å²) < 4.78 is 19.2. The molecule has 2 saturated heterocycles. The van der Waals surface area contributed by atoms with Gasteiger partial charge in [-0.3, -0.25) is 9.69 Å². The van der Waals surface area contributed by atoms with E-state index in [1.54, 1.807) is 6.07 Å². The lowest BCUT2D eigenvalue weighted by Gasteiger charge is -2.39. The molecule has 1 amide bonds. The summed E-state index contributed by atoms with van der Waals surface area (Å²) in [5, 5.41) is 0. The predicted molar refractivity (Wildman–Crippen MR) is 91.0 cm³/mol. The third-order valence-electron chi connectivity index (χ3n) is 5.30. The first-order valence-corrected chi connectivity index (χ1v) is 8.95. The number of rotatable bonds is 4. The maximum Gasteiger partial charge on any atom is 0.225 e. The topological polar surface area (TPSA) is 32.8 Å². The smallest absolute Gasteiger partial charge is 0.225 e. The van der Waals surface area contributed by atoms with E-state index in [1.807, 2.05) is 24.1 Å². The van der Waals surface area contributed by atoms with E-state index in [4.69, 9.17) is 4.74 Å². The van der Waals surface area contributed by atoms with Crippen LogP contribution < -0.4 is 0 Å². The molecule has 2 fully saturated rings. The number of carbonyl (C=O) groups is 1. The third kappa shape index (κ3) is 4.14. The first-order chi connectivity index (χ1) is 11.6. The second-order valence-corrected chi connectivity index (χ2v) is 6.96. The van der Waals surface area contributed by atoms with Gasteiger partial charge >= 0.3 is 0 Å². The molecule has 2 aliphatic heterocycles. The highest BCUT2D eigenvalue weighted by Crippen LogP contribution is 2.23. The summed E-state index contributed by atoms with van der Waals surface area (Å²) in [4.78, 5) is 16.9.